The molecule has 2 unspecified atom stereocenters. The monoisotopic (exact) mass is 301 g/mol. The van der Waals surface area contributed by atoms with Crippen molar-refractivity contribution in [3.63, 3.8) is 0 Å². The summed E-state index contributed by atoms with van der Waals surface area (Å²) < 4.78 is 6.14. The molecule has 4 heteroatoms. The maximum atomic E-state index is 6.20. The summed E-state index contributed by atoms with van der Waals surface area (Å²) >= 11 is 12.2. The minimum atomic E-state index is 0.195. The third-order valence-corrected chi connectivity index (χ3v) is 5.44. The molecule has 0 spiro atoms. The van der Waals surface area contributed by atoms with Crippen LogP contribution in [-0.4, -0.2) is 19.2 Å². The second kappa shape index (κ2) is 5.90. The molecule has 2 atom stereocenters. The summed E-state index contributed by atoms with van der Waals surface area (Å²) in [6, 6.07) is 6.06. The quantitative estimate of drug-likeness (QED) is 0.862. The van der Waals surface area contributed by atoms with Gasteiger partial charge in [0.1, 0.15) is 16.9 Å². The fourth-order valence-corrected chi connectivity index (χ4v) is 3.58. The van der Waals surface area contributed by atoms with Crippen molar-refractivity contribution in [2.75, 3.05) is 7.05 Å². The van der Waals surface area contributed by atoms with Gasteiger partial charge in [-0.3, -0.25) is 0 Å². The molecule has 2 rings (SSSR count). The number of ether oxygens (including phenoxy) is 1. The van der Waals surface area contributed by atoms with Gasteiger partial charge >= 0.3 is 0 Å². The summed E-state index contributed by atoms with van der Waals surface area (Å²) in [7, 11) is 2.02. The van der Waals surface area contributed by atoms with Crippen LogP contribution in [-0.2, 0) is 0 Å². The van der Waals surface area contributed by atoms with E-state index in [2.05, 4.69) is 19.2 Å². The zero-order chi connectivity index (χ0) is 14.0. The Morgan fingerprint density at radius 3 is 2.58 bits per heavy atom. The van der Waals surface area contributed by atoms with Gasteiger partial charge in [0, 0.05) is 17.9 Å². The van der Waals surface area contributed by atoms with Crippen molar-refractivity contribution in [1.82, 2.24) is 5.32 Å². The molecule has 106 valence electrons. The predicted molar refractivity (Wildman–Crippen MR) is 81.4 cm³/mol. The molecule has 19 heavy (non-hydrogen) atoms. The van der Waals surface area contributed by atoms with Crippen LogP contribution in [0.1, 0.15) is 33.1 Å². The van der Waals surface area contributed by atoms with Crippen molar-refractivity contribution in [2.45, 2.75) is 45.3 Å². The Labute approximate surface area is 125 Å². The summed E-state index contributed by atoms with van der Waals surface area (Å²) in [6.45, 7) is 4.45. The smallest absolute Gasteiger partial charge is 0.139 e. The molecular formula is C15H21Cl2NO. The molecule has 0 saturated heterocycles. The lowest BCUT2D eigenvalue weighted by Gasteiger charge is -2.55. The molecule has 1 saturated carbocycles. The standard InChI is InChI=1S/C15H21Cl2NO/c1-4-15(5-2)12(18-3)9-13(15)19-11-8-6-7-10(16)14(11)17/h6-8,12-13,18H,4-5,9H2,1-3H3. The van der Waals surface area contributed by atoms with Gasteiger partial charge in [-0.2, -0.15) is 0 Å². The fraction of sp³-hybridized carbons (Fsp3) is 0.600. The molecule has 0 aliphatic heterocycles. The van der Waals surface area contributed by atoms with E-state index in [4.69, 9.17) is 27.9 Å². The Kier molecular flexibility index (Phi) is 4.65. The van der Waals surface area contributed by atoms with E-state index in [-0.39, 0.29) is 11.5 Å². The van der Waals surface area contributed by atoms with Crippen molar-refractivity contribution >= 4 is 23.2 Å². The summed E-state index contributed by atoms with van der Waals surface area (Å²) in [5.74, 6) is 0.694. The lowest BCUT2D eigenvalue weighted by Crippen LogP contribution is -2.63. The lowest BCUT2D eigenvalue weighted by atomic mass is 9.58. The van der Waals surface area contributed by atoms with Crippen LogP contribution in [0.4, 0.5) is 0 Å². The molecule has 0 heterocycles. The third-order valence-electron chi connectivity index (χ3n) is 4.64. The number of hydrogen-bond acceptors (Lipinski definition) is 2. The van der Waals surface area contributed by atoms with Gasteiger partial charge in [-0.25, -0.2) is 0 Å². The van der Waals surface area contributed by atoms with E-state index < -0.39 is 0 Å². The number of rotatable bonds is 5. The number of hydrogen-bond donors (Lipinski definition) is 1. The minimum Gasteiger partial charge on any atom is -0.488 e. The first-order valence-electron chi connectivity index (χ1n) is 6.87. The number of benzene rings is 1. The van der Waals surface area contributed by atoms with Gasteiger partial charge in [0.25, 0.3) is 0 Å². The topological polar surface area (TPSA) is 21.3 Å². The highest BCUT2D eigenvalue weighted by Crippen LogP contribution is 2.49. The Hall–Kier alpha value is -0.440. The van der Waals surface area contributed by atoms with Gasteiger partial charge in [-0.1, -0.05) is 43.1 Å². The van der Waals surface area contributed by atoms with Crippen molar-refractivity contribution in [3.8, 4) is 5.75 Å². The number of halogens is 2. The summed E-state index contributed by atoms with van der Waals surface area (Å²) in [4.78, 5) is 0. The molecule has 1 aromatic carbocycles. The first-order chi connectivity index (χ1) is 9.08. The summed E-state index contributed by atoms with van der Waals surface area (Å²) in [6.07, 6.45) is 3.41. The molecule has 1 aromatic rings. The predicted octanol–water partition coefficient (Wildman–Crippen LogP) is 4.54. The van der Waals surface area contributed by atoms with Gasteiger partial charge < -0.3 is 10.1 Å². The van der Waals surface area contributed by atoms with Crippen LogP contribution in [0, 0.1) is 5.41 Å². The summed E-state index contributed by atoms with van der Waals surface area (Å²) in [5.41, 5.74) is 0.195. The van der Waals surface area contributed by atoms with Crippen LogP contribution < -0.4 is 10.1 Å². The molecule has 0 amide bonds. The van der Waals surface area contributed by atoms with E-state index in [0.717, 1.165) is 19.3 Å². The highest BCUT2D eigenvalue weighted by atomic mass is 35.5. The summed E-state index contributed by atoms with van der Waals surface area (Å²) in [5, 5.41) is 4.45. The largest absolute Gasteiger partial charge is 0.488 e. The van der Waals surface area contributed by atoms with Crippen LogP contribution >= 0.6 is 23.2 Å². The van der Waals surface area contributed by atoms with Gasteiger partial charge in [0.05, 0.1) is 5.02 Å². The highest BCUT2D eigenvalue weighted by molar-refractivity contribution is 6.42. The van der Waals surface area contributed by atoms with Crippen molar-refractivity contribution in [3.05, 3.63) is 28.2 Å². The van der Waals surface area contributed by atoms with Gasteiger partial charge in [0.15, 0.2) is 0 Å². The van der Waals surface area contributed by atoms with Crippen molar-refractivity contribution < 1.29 is 4.74 Å². The van der Waals surface area contributed by atoms with E-state index in [1.165, 1.54) is 0 Å². The molecular weight excluding hydrogens is 281 g/mol. The zero-order valence-corrected chi connectivity index (χ0v) is 13.2. The van der Waals surface area contributed by atoms with E-state index in [1.807, 2.05) is 19.2 Å². The average Bonchev–Trinajstić information content (AvgIpc) is 2.40. The molecule has 1 fully saturated rings. The van der Waals surface area contributed by atoms with Crippen molar-refractivity contribution in [2.24, 2.45) is 5.41 Å². The van der Waals surface area contributed by atoms with Crippen molar-refractivity contribution in [1.29, 1.82) is 0 Å². The molecule has 0 aromatic heterocycles. The zero-order valence-electron chi connectivity index (χ0n) is 11.7. The second-order valence-electron chi connectivity index (χ2n) is 5.18. The maximum Gasteiger partial charge on any atom is 0.139 e. The normalized spacial score (nSPS) is 24.9. The second-order valence-corrected chi connectivity index (χ2v) is 5.96. The molecule has 0 radical (unpaired) electrons. The molecule has 1 aliphatic carbocycles. The Morgan fingerprint density at radius 2 is 2.00 bits per heavy atom. The first-order valence-corrected chi connectivity index (χ1v) is 7.62. The van der Waals surface area contributed by atoms with Gasteiger partial charge in [-0.05, 0) is 32.0 Å². The number of nitrogens with one attached hydrogen (secondary N) is 1. The third kappa shape index (κ3) is 2.46. The highest BCUT2D eigenvalue weighted by Gasteiger charge is 2.53. The lowest BCUT2D eigenvalue weighted by molar-refractivity contribution is -0.0835. The van der Waals surface area contributed by atoms with E-state index in [1.54, 1.807) is 6.07 Å². The Balaban J connectivity index is 2.18. The van der Waals surface area contributed by atoms with Crippen LogP contribution in [0.25, 0.3) is 0 Å². The average molecular weight is 302 g/mol. The molecule has 2 nitrogen and oxygen atoms in total. The molecule has 1 N–H and O–H groups in total. The van der Waals surface area contributed by atoms with E-state index in [0.29, 0.717) is 21.8 Å². The van der Waals surface area contributed by atoms with E-state index >= 15 is 0 Å². The first kappa shape index (κ1) is 15.0. The fourth-order valence-electron chi connectivity index (χ4n) is 3.24. The van der Waals surface area contributed by atoms with Crippen LogP contribution in [0.5, 0.6) is 5.75 Å². The Bertz CT molecular complexity index is 446. The van der Waals surface area contributed by atoms with Gasteiger partial charge in [0.2, 0.25) is 0 Å². The molecule has 1 aliphatic rings. The Morgan fingerprint density at radius 1 is 1.32 bits per heavy atom. The van der Waals surface area contributed by atoms with Crippen LogP contribution in [0.3, 0.4) is 0 Å². The van der Waals surface area contributed by atoms with Gasteiger partial charge in [-0.15, -0.1) is 0 Å². The van der Waals surface area contributed by atoms with Crippen LogP contribution in [0.15, 0.2) is 18.2 Å². The maximum absolute atomic E-state index is 6.20. The van der Waals surface area contributed by atoms with Crippen LogP contribution in [0.2, 0.25) is 10.0 Å². The SMILES string of the molecule is CCC1(CC)C(NC)CC1Oc1cccc(Cl)c1Cl. The minimum absolute atomic E-state index is 0.195. The molecule has 0 bridgehead atoms. The van der Waals surface area contributed by atoms with E-state index in [9.17, 15) is 0 Å².